The van der Waals surface area contributed by atoms with Gasteiger partial charge in [0.05, 0.1) is 0 Å². The number of aryl methyl sites for hydroxylation is 1. The highest BCUT2D eigenvalue weighted by atomic mass is 32.2. The fraction of sp³-hybridized carbons (Fsp3) is 0.0500. The lowest BCUT2D eigenvalue weighted by atomic mass is 10.2. The first kappa shape index (κ1) is 15.4. The van der Waals surface area contributed by atoms with Crippen molar-refractivity contribution in [1.82, 2.24) is 0 Å². The third-order valence-electron chi connectivity index (χ3n) is 3.44. The lowest BCUT2D eigenvalue weighted by molar-refractivity contribution is 0.267. The zero-order valence-corrected chi connectivity index (χ0v) is 13.7. The van der Waals surface area contributed by atoms with E-state index < -0.39 is 0 Å². The summed E-state index contributed by atoms with van der Waals surface area (Å²) in [6, 6.07) is 27.4. The van der Waals surface area contributed by atoms with E-state index in [1.54, 1.807) is 4.90 Å². The van der Waals surface area contributed by atoms with Crippen molar-refractivity contribution in [2.75, 3.05) is 4.90 Å². The molecule has 3 aromatic rings. The Balaban J connectivity index is 1.92. The van der Waals surface area contributed by atoms with E-state index in [1.807, 2.05) is 91.9 Å². The number of nitrogens with zero attached hydrogens (tertiary/aromatic N) is 1. The maximum Gasteiger partial charge on any atom is 0.295 e. The van der Waals surface area contributed by atoms with Gasteiger partial charge in [-0.2, -0.15) is 0 Å². The summed E-state index contributed by atoms with van der Waals surface area (Å²) in [5, 5.41) is -0.0220. The number of para-hydroxylation sites is 2. The fourth-order valence-corrected chi connectivity index (χ4v) is 3.04. The molecular formula is C20H17NOS. The van der Waals surface area contributed by atoms with Crippen molar-refractivity contribution < 1.29 is 4.79 Å². The van der Waals surface area contributed by atoms with Gasteiger partial charge in [0.15, 0.2) is 0 Å². The van der Waals surface area contributed by atoms with Gasteiger partial charge in [-0.25, -0.2) is 0 Å². The second-order valence-corrected chi connectivity index (χ2v) is 6.21. The van der Waals surface area contributed by atoms with Crippen molar-refractivity contribution in [3.63, 3.8) is 0 Å². The Hall–Kier alpha value is -2.52. The normalized spacial score (nSPS) is 10.3. The second kappa shape index (κ2) is 7.16. The van der Waals surface area contributed by atoms with Crippen LogP contribution in [0.5, 0.6) is 0 Å². The molecule has 0 fully saturated rings. The van der Waals surface area contributed by atoms with E-state index in [-0.39, 0.29) is 5.24 Å². The summed E-state index contributed by atoms with van der Waals surface area (Å²) in [7, 11) is 0. The minimum atomic E-state index is -0.0220. The summed E-state index contributed by atoms with van der Waals surface area (Å²) in [6.45, 7) is 2.04. The molecule has 0 aromatic heterocycles. The Morgan fingerprint density at radius 3 is 1.70 bits per heavy atom. The zero-order valence-electron chi connectivity index (χ0n) is 12.8. The van der Waals surface area contributed by atoms with Crippen molar-refractivity contribution in [2.24, 2.45) is 0 Å². The van der Waals surface area contributed by atoms with Gasteiger partial charge >= 0.3 is 0 Å². The minimum Gasteiger partial charge on any atom is -0.272 e. The van der Waals surface area contributed by atoms with Crippen LogP contribution in [0.2, 0.25) is 0 Å². The van der Waals surface area contributed by atoms with Gasteiger partial charge < -0.3 is 0 Å². The highest BCUT2D eigenvalue weighted by molar-refractivity contribution is 8.14. The van der Waals surface area contributed by atoms with Gasteiger partial charge in [-0.1, -0.05) is 54.1 Å². The molecule has 0 saturated heterocycles. The second-order valence-electron chi connectivity index (χ2n) is 5.19. The smallest absolute Gasteiger partial charge is 0.272 e. The van der Waals surface area contributed by atoms with Gasteiger partial charge in [0, 0.05) is 16.3 Å². The molecule has 0 aliphatic rings. The van der Waals surface area contributed by atoms with Crippen molar-refractivity contribution in [3.8, 4) is 0 Å². The topological polar surface area (TPSA) is 20.3 Å². The molecule has 3 rings (SSSR count). The van der Waals surface area contributed by atoms with Crippen LogP contribution in [0.1, 0.15) is 5.56 Å². The maximum atomic E-state index is 12.9. The molecule has 114 valence electrons. The van der Waals surface area contributed by atoms with Gasteiger partial charge in [-0.3, -0.25) is 9.69 Å². The molecule has 0 radical (unpaired) electrons. The van der Waals surface area contributed by atoms with Gasteiger partial charge in [-0.15, -0.1) is 0 Å². The first-order valence-electron chi connectivity index (χ1n) is 7.43. The standard InChI is InChI=1S/C20H17NOS/c1-16-12-14-19(15-13-16)23-20(22)21(17-8-4-2-5-9-17)18-10-6-3-7-11-18/h2-15H,1H3. The van der Waals surface area contributed by atoms with E-state index >= 15 is 0 Å². The Bertz CT molecular complexity index is 730. The van der Waals surface area contributed by atoms with Crippen LogP contribution < -0.4 is 4.90 Å². The molecule has 0 N–H and O–H groups in total. The summed E-state index contributed by atoms with van der Waals surface area (Å²) in [5.41, 5.74) is 2.91. The molecule has 0 unspecified atom stereocenters. The summed E-state index contributed by atoms with van der Waals surface area (Å²) < 4.78 is 0. The highest BCUT2D eigenvalue weighted by Crippen LogP contribution is 2.31. The molecule has 23 heavy (non-hydrogen) atoms. The first-order chi connectivity index (χ1) is 11.2. The van der Waals surface area contributed by atoms with Crippen molar-refractivity contribution in [1.29, 1.82) is 0 Å². The summed E-state index contributed by atoms with van der Waals surface area (Å²) in [5.74, 6) is 0. The number of hydrogen-bond acceptors (Lipinski definition) is 2. The molecule has 0 aliphatic carbocycles. The summed E-state index contributed by atoms with van der Waals surface area (Å²) >= 11 is 1.24. The molecule has 2 nitrogen and oxygen atoms in total. The van der Waals surface area contributed by atoms with Crippen LogP contribution in [0, 0.1) is 6.92 Å². The lowest BCUT2D eigenvalue weighted by Gasteiger charge is -2.22. The van der Waals surface area contributed by atoms with E-state index in [0.717, 1.165) is 16.3 Å². The Labute approximate surface area is 140 Å². The minimum absolute atomic E-state index is 0.0220. The Kier molecular flexibility index (Phi) is 4.79. The predicted molar refractivity (Wildman–Crippen MR) is 97.5 cm³/mol. The monoisotopic (exact) mass is 319 g/mol. The molecule has 0 aliphatic heterocycles. The molecule has 3 heteroatoms. The molecule has 1 amide bonds. The van der Waals surface area contributed by atoms with Crippen molar-refractivity contribution in [3.05, 3.63) is 90.5 Å². The van der Waals surface area contributed by atoms with E-state index in [4.69, 9.17) is 0 Å². The van der Waals surface area contributed by atoms with Crippen LogP contribution in [-0.4, -0.2) is 5.24 Å². The summed E-state index contributed by atoms with van der Waals surface area (Å²) in [6.07, 6.45) is 0. The average Bonchev–Trinajstić information content (AvgIpc) is 2.59. The fourth-order valence-electron chi connectivity index (χ4n) is 2.27. The van der Waals surface area contributed by atoms with Crippen LogP contribution >= 0.6 is 11.8 Å². The van der Waals surface area contributed by atoms with Crippen molar-refractivity contribution in [2.45, 2.75) is 11.8 Å². The van der Waals surface area contributed by atoms with Gasteiger partial charge in [0.1, 0.15) is 0 Å². The van der Waals surface area contributed by atoms with Crippen LogP contribution in [-0.2, 0) is 0 Å². The number of amides is 1. The predicted octanol–water partition coefficient (Wildman–Crippen LogP) is 6.05. The SMILES string of the molecule is Cc1ccc(SC(=O)N(c2ccccc2)c2ccccc2)cc1. The molecule has 0 spiro atoms. The molecular weight excluding hydrogens is 302 g/mol. The van der Waals surface area contributed by atoms with Crippen LogP contribution in [0.15, 0.2) is 89.8 Å². The number of thioether (sulfide) groups is 1. The Morgan fingerprint density at radius 1 is 0.739 bits per heavy atom. The number of anilines is 2. The number of benzene rings is 3. The zero-order chi connectivity index (χ0) is 16.1. The van der Waals surface area contributed by atoms with Gasteiger partial charge in [-0.05, 0) is 55.1 Å². The van der Waals surface area contributed by atoms with Crippen molar-refractivity contribution >= 4 is 28.4 Å². The van der Waals surface area contributed by atoms with Gasteiger partial charge in [0.25, 0.3) is 5.24 Å². The molecule has 0 saturated carbocycles. The molecule has 0 heterocycles. The molecule has 0 atom stereocenters. The van der Waals surface area contributed by atoms with Crippen LogP contribution in [0.3, 0.4) is 0 Å². The van der Waals surface area contributed by atoms with Crippen LogP contribution in [0.25, 0.3) is 0 Å². The third kappa shape index (κ3) is 3.82. The van der Waals surface area contributed by atoms with E-state index in [0.29, 0.717) is 0 Å². The number of carbonyl (C=O) groups excluding carboxylic acids is 1. The third-order valence-corrected chi connectivity index (χ3v) is 4.30. The summed E-state index contributed by atoms with van der Waals surface area (Å²) in [4.78, 5) is 15.6. The molecule has 0 bridgehead atoms. The number of carbonyl (C=O) groups is 1. The van der Waals surface area contributed by atoms with Crippen LogP contribution in [0.4, 0.5) is 16.2 Å². The number of hydrogen-bond donors (Lipinski definition) is 0. The van der Waals surface area contributed by atoms with E-state index in [1.165, 1.54) is 17.3 Å². The maximum absolute atomic E-state index is 12.9. The quantitative estimate of drug-likeness (QED) is 0.548. The largest absolute Gasteiger partial charge is 0.295 e. The first-order valence-corrected chi connectivity index (χ1v) is 8.24. The van der Waals surface area contributed by atoms with Gasteiger partial charge in [0.2, 0.25) is 0 Å². The average molecular weight is 319 g/mol. The molecule has 3 aromatic carbocycles. The highest BCUT2D eigenvalue weighted by Gasteiger charge is 2.18. The number of rotatable bonds is 3. The van der Waals surface area contributed by atoms with E-state index in [9.17, 15) is 4.79 Å². The van der Waals surface area contributed by atoms with E-state index in [2.05, 4.69) is 0 Å². The lowest BCUT2D eigenvalue weighted by Crippen LogP contribution is -2.21. The Morgan fingerprint density at radius 2 is 1.22 bits per heavy atom.